The van der Waals surface area contributed by atoms with Crippen molar-refractivity contribution in [2.75, 3.05) is 32.1 Å². The number of nitrogens with one attached hydrogen (secondary N) is 2. The Hall–Kier alpha value is -4.33. The average Bonchev–Trinajstić information content (AvgIpc) is 3.35. The van der Waals surface area contributed by atoms with Crippen LogP contribution in [0.3, 0.4) is 0 Å². The summed E-state index contributed by atoms with van der Waals surface area (Å²) in [5.41, 5.74) is 3.56. The fraction of sp³-hybridized carbons (Fsp3) is 0.267. The maximum atomic E-state index is 13.6. The number of methoxy groups -OCH3 is 1. The van der Waals surface area contributed by atoms with Crippen molar-refractivity contribution in [3.8, 4) is 5.75 Å². The number of anilines is 1. The van der Waals surface area contributed by atoms with Crippen molar-refractivity contribution in [1.29, 1.82) is 0 Å². The van der Waals surface area contributed by atoms with Crippen LogP contribution in [-0.2, 0) is 17.8 Å². The number of halogens is 1. The summed E-state index contributed by atoms with van der Waals surface area (Å²) in [6, 6.07) is 20.9. The standard InChI is InChI=1S/C30H33FN4O3/c1-3-16-35(30(37)33-25-7-6-8-26(18-25)38-2)21-29(36)34(20-22-11-13-24(31)14-12-22)17-15-23-19-32-28-10-5-4-9-27(23)28/h4-14,18-19,32H,3,15-17,20-21H2,1-2H3,(H,33,37). The van der Waals surface area contributed by atoms with Gasteiger partial charge in [0.15, 0.2) is 0 Å². The highest BCUT2D eigenvalue weighted by Crippen LogP contribution is 2.20. The van der Waals surface area contributed by atoms with Gasteiger partial charge in [-0.2, -0.15) is 0 Å². The van der Waals surface area contributed by atoms with Gasteiger partial charge >= 0.3 is 6.03 Å². The van der Waals surface area contributed by atoms with Crippen LogP contribution in [0.4, 0.5) is 14.9 Å². The molecule has 0 fully saturated rings. The van der Waals surface area contributed by atoms with Crippen molar-refractivity contribution in [3.63, 3.8) is 0 Å². The smallest absolute Gasteiger partial charge is 0.322 e. The summed E-state index contributed by atoms with van der Waals surface area (Å²) in [4.78, 5) is 33.2. The maximum absolute atomic E-state index is 13.6. The number of hydrogen-bond acceptors (Lipinski definition) is 3. The molecule has 1 heterocycles. The molecule has 0 radical (unpaired) electrons. The number of aromatic nitrogens is 1. The van der Waals surface area contributed by atoms with Gasteiger partial charge in [-0.1, -0.05) is 43.3 Å². The Labute approximate surface area is 222 Å². The molecule has 8 heteroatoms. The summed E-state index contributed by atoms with van der Waals surface area (Å²) < 4.78 is 18.7. The van der Waals surface area contributed by atoms with Gasteiger partial charge in [0.05, 0.1) is 7.11 Å². The van der Waals surface area contributed by atoms with E-state index < -0.39 is 0 Å². The molecule has 4 rings (SSSR count). The molecule has 198 valence electrons. The number of urea groups is 1. The Morgan fingerprint density at radius 3 is 2.53 bits per heavy atom. The molecule has 3 amide bonds. The Morgan fingerprint density at radius 2 is 1.76 bits per heavy atom. The molecule has 0 aliphatic carbocycles. The van der Waals surface area contributed by atoms with Crippen LogP contribution in [0.15, 0.2) is 79.0 Å². The topological polar surface area (TPSA) is 77.7 Å². The molecule has 4 aromatic rings. The van der Waals surface area contributed by atoms with Gasteiger partial charge in [-0.05, 0) is 54.3 Å². The van der Waals surface area contributed by atoms with Crippen molar-refractivity contribution >= 4 is 28.5 Å². The van der Waals surface area contributed by atoms with Gasteiger partial charge in [-0.3, -0.25) is 4.79 Å². The van der Waals surface area contributed by atoms with E-state index in [2.05, 4.69) is 16.4 Å². The van der Waals surface area contributed by atoms with Crippen LogP contribution in [0.5, 0.6) is 5.75 Å². The largest absolute Gasteiger partial charge is 0.497 e. The highest BCUT2D eigenvalue weighted by atomic mass is 19.1. The molecular weight excluding hydrogens is 483 g/mol. The SMILES string of the molecule is CCCN(CC(=O)N(CCc1c[nH]c2ccccc12)Cc1ccc(F)cc1)C(=O)Nc1cccc(OC)c1. The lowest BCUT2D eigenvalue weighted by atomic mass is 10.1. The lowest BCUT2D eigenvalue weighted by Gasteiger charge is -2.28. The molecule has 0 aliphatic rings. The third-order valence-corrected chi connectivity index (χ3v) is 6.39. The number of carbonyl (C=O) groups is 2. The van der Waals surface area contributed by atoms with Crippen molar-refractivity contribution in [3.05, 3.63) is 95.9 Å². The number of aromatic amines is 1. The lowest BCUT2D eigenvalue weighted by Crippen LogP contribution is -2.45. The summed E-state index contributed by atoms with van der Waals surface area (Å²) in [7, 11) is 1.56. The molecule has 0 bridgehead atoms. The molecule has 0 unspecified atom stereocenters. The van der Waals surface area contributed by atoms with Gasteiger partial charge in [-0.25, -0.2) is 9.18 Å². The average molecular weight is 517 g/mol. The number of H-pyrrole nitrogens is 1. The Balaban J connectivity index is 1.49. The van der Waals surface area contributed by atoms with E-state index in [0.29, 0.717) is 43.9 Å². The highest BCUT2D eigenvalue weighted by molar-refractivity contribution is 5.92. The molecular formula is C30H33FN4O3. The maximum Gasteiger partial charge on any atom is 0.322 e. The second kappa shape index (κ2) is 12.8. The predicted molar refractivity (Wildman–Crippen MR) is 148 cm³/mol. The first-order valence-corrected chi connectivity index (χ1v) is 12.7. The molecule has 3 aromatic carbocycles. The van der Waals surface area contributed by atoms with E-state index in [0.717, 1.165) is 22.0 Å². The number of benzene rings is 3. The minimum atomic E-state index is -0.355. The highest BCUT2D eigenvalue weighted by Gasteiger charge is 2.22. The first-order valence-electron chi connectivity index (χ1n) is 12.7. The fourth-order valence-electron chi connectivity index (χ4n) is 4.38. The van der Waals surface area contributed by atoms with Gasteiger partial charge in [0.2, 0.25) is 5.91 Å². The Kier molecular flexibility index (Phi) is 8.98. The molecule has 38 heavy (non-hydrogen) atoms. The quantitative estimate of drug-likeness (QED) is 0.263. The molecule has 0 aliphatic heterocycles. The fourth-order valence-corrected chi connectivity index (χ4v) is 4.38. The van der Waals surface area contributed by atoms with Crippen LogP contribution >= 0.6 is 0 Å². The van der Waals surface area contributed by atoms with E-state index in [9.17, 15) is 14.0 Å². The second-order valence-corrected chi connectivity index (χ2v) is 9.13. The lowest BCUT2D eigenvalue weighted by molar-refractivity contribution is -0.132. The van der Waals surface area contributed by atoms with E-state index in [1.807, 2.05) is 31.3 Å². The van der Waals surface area contributed by atoms with Crippen LogP contribution in [0.25, 0.3) is 10.9 Å². The van der Waals surface area contributed by atoms with Crippen molar-refractivity contribution in [2.24, 2.45) is 0 Å². The zero-order valence-electron chi connectivity index (χ0n) is 21.7. The van der Waals surface area contributed by atoms with Crippen molar-refractivity contribution in [2.45, 2.75) is 26.3 Å². The van der Waals surface area contributed by atoms with Crippen molar-refractivity contribution in [1.82, 2.24) is 14.8 Å². The van der Waals surface area contributed by atoms with Crippen LogP contribution in [0, 0.1) is 5.82 Å². The van der Waals surface area contributed by atoms with Crippen LogP contribution in [-0.4, -0.2) is 53.5 Å². The summed E-state index contributed by atoms with van der Waals surface area (Å²) in [6.45, 7) is 3.09. The van der Waals surface area contributed by atoms with Crippen LogP contribution < -0.4 is 10.1 Å². The minimum Gasteiger partial charge on any atom is -0.497 e. The van der Waals surface area contributed by atoms with Gasteiger partial charge in [0.1, 0.15) is 18.1 Å². The molecule has 0 saturated heterocycles. The van der Waals surface area contributed by atoms with E-state index in [1.54, 1.807) is 48.4 Å². The molecule has 0 saturated carbocycles. The van der Waals surface area contributed by atoms with Crippen molar-refractivity contribution < 1.29 is 18.7 Å². The predicted octanol–water partition coefficient (Wildman–Crippen LogP) is 5.83. The zero-order valence-corrected chi connectivity index (χ0v) is 21.7. The van der Waals surface area contributed by atoms with Gasteiger partial charge in [-0.15, -0.1) is 0 Å². The Bertz CT molecular complexity index is 1370. The third kappa shape index (κ3) is 6.91. The number of amides is 3. The number of ether oxygens (including phenoxy) is 1. The Morgan fingerprint density at radius 1 is 0.974 bits per heavy atom. The minimum absolute atomic E-state index is 0.0707. The summed E-state index contributed by atoms with van der Waals surface area (Å²) in [5, 5.41) is 3.98. The van der Waals surface area contributed by atoms with Gasteiger partial charge in [0.25, 0.3) is 0 Å². The van der Waals surface area contributed by atoms with E-state index >= 15 is 0 Å². The van der Waals surface area contributed by atoms with Crippen LogP contribution in [0.2, 0.25) is 0 Å². The summed E-state index contributed by atoms with van der Waals surface area (Å²) in [6.07, 6.45) is 3.31. The zero-order chi connectivity index (χ0) is 26.9. The normalized spacial score (nSPS) is 10.8. The van der Waals surface area contributed by atoms with E-state index in [-0.39, 0.29) is 24.3 Å². The molecule has 0 atom stereocenters. The van der Waals surface area contributed by atoms with E-state index in [4.69, 9.17) is 4.74 Å². The molecule has 7 nitrogen and oxygen atoms in total. The third-order valence-electron chi connectivity index (χ3n) is 6.39. The molecule has 0 spiro atoms. The number of carbonyl (C=O) groups excluding carboxylic acids is 2. The summed E-state index contributed by atoms with van der Waals surface area (Å²) >= 11 is 0. The monoisotopic (exact) mass is 516 g/mol. The second-order valence-electron chi connectivity index (χ2n) is 9.13. The molecule has 2 N–H and O–H groups in total. The van der Waals surface area contributed by atoms with Gasteiger partial charge in [0, 0.05) is 48.5 Å². The first kappa shape index (κ1) is 26.7. The number of fused-ring (bicyclic) bond motifs is 1. The van der Waals surface area contributed by atoms with Crippen LogP contribution in [0.1, 0.15) is 24.5 Å². The van der Waals surface area contributed by atoms with E-state index in [1.165, 1.54) is 17.0 Å². The molecule has 1 aromatic heterocycles. The number of nitrogens with zero attached hydrogens (tertiary/aromatic N) is 2. The number of rotatable bonds is 11. The summed E-state index contributed by atoms with van der Waals surface area (Å²) in [5.74, 6) is 0.126. The number of hydrogen-bond donors (Lipinski definition) is 2. The number of para-hydroxylation sites is 1. The first-order chi connectivity index (χ1) is 18.5. The van der Waals surface area contributed by atoms with Gasteiger partial charge < -0.3 is 24.8 Å².